The second-order valence-electron chi connectivity index (χ2n) is 5.46. The molecule has 1 heterocycles. The van der Waals surface area contributed by atoms with Gasteiger partial charge in [0.1, 0.15) is 0 Å². The molecule has 1 aliphatic carbocycles. The SMILES string of the molecule is CN(C)c1ncccc1NC1CCc2cc(N)ccc21. The normalized spacial score (nSPS) is 16.8. The van der Waals surface area contributed by atoms with E-state index in [9.17, 15) is 0 Å². The van der Waals surface area contributed by atoms with E-state index in [2.05, 4.69) is 28.5 Å². The second kappa shape index (κ2) is 5.04. The summed E-state index contributed by atoms with van der Waals surface area (Å²) < 4.78 is 0. The van der Waals surface area contributed by atoms with E-state index in [1.165, 1.54) is 11.1 Å². The lowest BCUT2D eigenvalue weighted by Crippen LogP contribution is -2.15. The number of rotatable bonds is 3. The second-order valence-corrected chi connectivity index (χ2v) is 5.46. The van der Waals surface area contributed by atoms with Gasteiger partial charge in [-0.3, -0.25) is 0 Å². The first-order valence-corrected chi connectivity index (χ1v) is 6.92. The first-order valence-electron chi connectivity index (χ1n) is 6.92. The number of nitrogens with one attached hydrogen (secondary N) is 1. The van der Waals surface area contributed by atoms with Gasteiger partial charge in [-0.2, -0.15) is 0 Å². The minimum atomic E-state index is 0.341. The molecule has 2 aromatic rings. The standard InChI is InChI=1S/C16H20N4/c1-20(2)16-15(4-3-9-18-16)19-14-8-5-11-10-12(17)6-7-13(11)14/h3-4,6-7,9-10,14,19H,5,8,17H2,1-2H3. The van der Waals surface area contributed by atoms with E-state index >= 15 is 0 Å². The Bertz CT molecular complexity index is 622. The number of aryl methyl sites for hydroxylation is 1. The number of pyridine rings is 1. The monoisotopic (exact) mass is 268 g/mol. The lowest BCUT2D eigenvalue weighted by molar-refractivity contribution is 0.761. The van der Waals surface area contributed by atoms with Crippen LogP contribution in [0.25, 0.3) is 0 Å². The zero-order valence-electron chi connectivity index (χ0n) is 11.9. The van der Waals surface area contributed by atoms with Crippen LogP contribution in [0.2, 0.25) is 0 Å². The Balaban J connectivity index is 1.88. The van der Waals surface area contributed by atoms with Gasteiger partial charge in [0.25, 0.3) is 0 Å². The highest BCUT2D eigenvalue weighted by Crippen LogP contribution is 2.36. The first kappa shape index (κ1) is 12.8. The molecule has 0 spiro atoms. The molecule has 4 nitrogen and oxygen atoms in total. The molecule has 104 valence electrons. The average Bonchev–Trinajstić information content (AvgIpc) is 2.81. The van der Waals surface area contributed by atoms with Crippen LogP contribution in [0, 0.1) is 0 Å². The molecule has 4 heteroatoms. The summed E-state index contributed by atoms with van der Waals surface area (Å²) in [7, 11) is 4.02. The summed E-state index contributed by atoms with van der Waals surface area (Å²) in [5.74, 6) is 0.969. The fourth-order valence-corrected chi connectivity index (χ4v) is 2.84. The Morgan fingerprint density at radius 3 is 2.95 bits per heavy atom. The highest BCUT2D eigenvalue weighted by Gasteiger charge is 2.23. The van der Waals surface area contributed by atoms with Gasteiger partial charge in [-0.15, -0.1) is 0 Å². The van der Waals surface area contributed by atoms with E-state index in [0.29, 0.717) is 6.04 Å². The predicted octanol–water partition coefficient (Wildman–Crippen LogP) is 2.83. The maximum absolute atomic E-state index is 5.86. The molecule has 20 heavy (non-hydrogen) atoms. The van der Waals surface area contributed by atoms with E-state index in [1.54, 1.807) is 0 Å². The van der Waals surface area contributed by atoms with Gasteiger partial charge in [-0.05, 0) is 48.2 Å². The van der Waals surface area contributed by atoms with E-state index in [0.717, 1.165) is 30.0 Å². The van der Waals surface area contributed by atoms with Crippen molar-refractivity contribution in [3.63, 3.8) is 0 Å². The Morgan fingerprint density at radius 1 is 1.30 bits per heavy atom. The number of nitrogens with two attached hydrogens (primary N) is 1. The van der Waals surface area contributed by atoms with Crippen molar-refractivity contribution in [1.82, 2.24) is 4.98 Å². The summed E-state index contributed by atoms with van der Waals surface area (Å²) in [6, 6.07) is 10.6. The summed E-state index contributed by atoms with van der Waals surface area (Å²) in [6.45, 7) is 0. The van der Waals surface area contributed by atoms with Crippen LogP contribution in [0.5, 0.6) is 0 Å². The number of nitrogens with zero attached hydrogens (tertiary/aromatic N) is 2. The first-order chi connectivity index (χ1) is 9.65. The molecular formula is C16H20N4. The molecule has 1 aromatic heterocycles. The third kappa shape index (κ3) is 2.29. The number of hydrogen-bond donors (Lipinski definition) is 2. The highest BCUT2D eigenvalue weighted by molar-refractivity contribution is 5.66. The molecule has 0 aliphatic heterocycles. The number of fused-ring (bicyclic) bond motifs is 1. The Morgan fingerprint density at radius 2 is 2.15 bits per heavy atom. The van der Waals surface area contributed by atoms with Gasteiger partial charge in [0.05, 0.1) is 11.7 Å². The molecule has 0 fully saturated rings. The smallest absolute Gasteiger partial charge is 0.151 e. The van der Waals surface area contributed by atoms with E-state index in [4.69, 9.17) is 5.73 Å². The number of benzene rings is 1. The molecule has 0 amide bonds. The third-order valence-electron chi connectivity index (χ3n) is 3.78. The Kier molecular flexibility index (Phi) is 3.22. The molecule has 1 aromatic carbocycles. The third-order valence-corrected chi connectivity index (χ3v) is 3.78. The van der Waals surface area contributed by atoms with E-state index < -0.39 is 0 Å². The van der Waals surface area contributed by atoms with Crippen molar-refractivity contribution >= 4 is 17.2 Å². The van der Waals surface area contributed by atoms with Crippen molar-refractivity contribution in [3.05, 3.63) is 47.7 Å². The molecule has 1 unspecified atom stereocenters. The minimum Gasteiger partial charge on any atom is -0.399 e. The van der Waals surface area contributed by atoms with Crippen molar-refractivity contribution < 1.29 is 0 Å². The van der Waals surface area contributed by atoms with Crippen LogP contribution in [-0.2, 0) is 6.42 Å². The van der Waals surface area contributed by atoms with Gasteiger partial charge in [-0.1, -0.05) is 6.07 Å². The van der Waals surface area contributed by atoms with Crippen molar-refractivity contribution in [2.75, 3.05) is 30.0 Å². The number of aromatic nitrogens is 1. The van der Waals surface area contributed by atoms with Crippen molar-refractivity contribution in [2.45, 2.75) is 18.9 Å². The summed E-state index contributed by atoms with van der Waals surface area (Å²) in [6.07, 6.45) is 4.00. The van der Waals surface area contributed by atoms with Gasteiger partial charge < -0.3 is 16.0 Å². The van der Waals surface area contributed by atoms with E-state index in [1.807, 2.05) is 37.3 Å². The van der Waals surface area contributed by atoms with E-state index in [-0.39, 0.29) is 0 Å². The van der Waals surface area contributed by atoms with Crippen LogP contribution in [0.15, 0.2) is 36.5 Å². The molecular weight excluding hydrogens is 248 g/mol. The Labute approximate surface area is 119 Å². The average molecular weight is 268 g/mol. The lowest BCUT2D eigenvalue weighted by Gasteiger charge is -2.21. The zero-order chi connectivity index (χ0) is 14.1. The minimum absolute atomic E-state index is 0.341. The highest BCUT2D eigenvalue weighted by atomic mass is 15.2. The van der Waals surface area contributed by atoms with Gasteiger partial charge in [0.2, 0.25) is 0 Å². The van der Waals surface area contributed by atoms with Gasteiger partial charge in [0, 0.05) is 26.0 Å². The molecule has 0 radical (unpaired) electrons. The zero-order valence-corrected chi connectivity index (χ0v) is 11.9. The number of hydrogen-bond acceptors (Lipinski definition) is 4. The van der Waals surface area contributed by atoms with Gasteiger partial charge in [0.15, 0.2) is 5.82 Å². The summed E-state index contributed by atoms with van der Waals surface area (Å²) >= 11 is 0. The maximum atomic E-state index is 5.86. The van der Waals surface area contributed by atoms with Crippen molar-refractivity contribution in [2.24, 2.45) is 0 Å². The van der Waals surface area contributed by atoms with Crippen LogP contribution < -0.4 is 16.0 Å². The van der Waals surface area contributed by atoms with Crippen LogP contribution in [0.3, 0.4) is 0 Å². The summed E-state index contributed by atoms with van der Waals surface area (Å²) in [5, 5.41) is 3.62. The topological polar surface area (TPSA) is 54.2 Å². The van der Waals surface area contributed by atoms with Crippen molar-refractivity contribution in [3.8, 4) is 0 Å². The molecule has 0 bridgehead atoms. The maximum Gasteiger partial charge on any atom is 0.151 e. The molecule has 3 N–H and O–H groups in total. The molecule has 1 aliphatic rings. The number of anilines is 3. The fourth-order valence-electron chi connectivity index (χ4n) is 2.84. The number of nitrogen functional groups attached to an aromatic ring is 1. The van der Waals surface area contributed by atoms with Crippen LogP contribution in [0.4, 0.5) is 17.2 Å². The largest absolute Gasteiger partial charge is 0.399 e. The van der Waals surface area contributed by atoms with Crippen LogP contribution in [0.1, 0.15) is 23.6 Å². The predicted molar refractivity (Wildman–Crippen MR) is 84.1 cm³/mol. The van der Waals surface area contributed by atoms with Gasteiger partial charge in [-0.25, -0.2) is 4.98 Å². The van der Waals surface area contributed by atoms with Crippen LogP contribution in [-0.4, -0.2) is 19.1 Å². The fraction of sp³-hybridized carbons (Fsp3) is 0.312. The van der Waals surface area contributed by atoms with Crippen molar-refractivity contribution in [1.29, 1.82) is 0 Å². The lowest BCUT2D eigenvalue weighted by atomic mass is 10.1. The Hall–Kier alpha value is -2.23. The molecule has 3 rings (SSSR count). The quantitative estimate of drug-likeness (QED) is 0.840. The summed E-state index contributed by atoms with van der Waals surface area (Å²) in [4.78, 5) is 6.46. The molecule has 0 saturated heterocycles. The van der Waals surface area contributed by atoms with Crippen LogP contribution >= 0.6 is 0 Å². The molecule has 0 saturated carbocycles. The van der Waals surface area contributed by atoms with Gasteiger partial charge >= 0.3 is 0 Å². The summed E-state index contributed by atoms with van der Waals surface area (Å²) in [5.41, 5.74) is 10.5. The molecule has 1 atom stereocenters.